The number of rotatable bonds is 0. The van der Waals surface area contributed by atoms with Crippen molar-refractivity contribution in [2.24, 2.45) is 0 Å². The third-order valence-electron chi connectivity index (χ3n) is 4.22. The molecule has 0 amide bonds. The van der Waals surface area contributed by atoms with Gasteiger partial charge in [0.2, 0.25) is 6.79 Å². The van der Waals surface area contributed by atoms with Gasteiger partial charge in [-0.15, -0.1) is 0 Å². The Balaban J connectivity index is 2.04. The standard InChI is InChI=1S/C18H11NO3/c20-18-14-8-16-15(21-9-22-16)7-13(14)12-6-5-10-3-1-2-4-11(10)17(12)19-18/h1-8H,9H2,(H,19,20). The van der Waals surface area contributed by atoms with Gasteiger partial charge in [-0.1, -0.05) is 36.4 Å². The van der Waals surface area contributed by atoms with Gasteiger partial charge in [-0.25, -0.2) is 0 Å². The molecule has 0 saturated heterocycles. The molecule has 0 fully saturated rings. The molecule has 0 bridgehead atoms. The summed E-state index contributed by atoms with van der Waals surface area (Å²) in [5.74, 6) is 1.31. The van der Waals surface area contributed by atoms with Crippen LogP contribution in [0.1, 0.15) is 0 Å². The lowest BCUT2D eigenvalue weighted by atomic mass is 10.0. The molecule has 0 radical (unpaired) electrons. The van der Waals surface area contributed by atoms with Crippen LogP contribution in [0.15, 0.2) is 53.3 Å². The molecule has 4 nitrogen and oxygen atoms in total. The van der Waals surface area contributed by atoms with Crippen molar-refractivity contribution in [3.05, 3.63) is 58.9 Å². The van der Waals surface area contributed by atoms with Gasteiger partial charge in [-0.3, -0.25) is 4.79 Å². The molecule has 0 saturated carbocycles. The molecule has 4 aromatic rings. The van der Waals surface area contributed by atoms with Crippen LogP contribution in [0.3, 0.4) is 0 Å². The minimum absolute atomic E-state index is 0.114. The molecular weight excluding hydrogens is 278 g/mol. The number of hydrogen-bond donors (Lipinski definition) is 1. The van der Waals surface area contributed by atoms with Crippen molar-refractivity contribution < 1.29 is 9.47 Å². The Hall–Kier alpha value is -3.01. The van der Waals surface area contributed by atoms with Crippen LogP contribution in [-0.4, -0.2) is 11.8 Å². The molecule has 5 rings (SSSR count). The maximum Gasteiger partial charge on any atom is 0.256 e. The van der Waals surface area contributed by atoms with E-state index >= 15 is 0 Å². The third kappa shape index (κ3) is 1.44. The predicted octanol–water partition coefficient (Wildman–Crippen LogP) is 3.56. The second-order valence-electron chi connectivity index (χ2n) is 5.41. The van der Waals surface area contributed by atoms with Gasteiger partial charge < -0.3 is 14.5 Å². The minimum Gasteiger partial charge on any atom is -0.454 e. The first-order chi connectivity index (χ1) is 10.8. The highest BCUT2D eigenvalue weighted by Crippen LogP contribution is 2.37. The van der Waals surface area contributed by atoms with Crippen molar-refractivity contribution in [3.8, 4) is 11.5 Å². The summed E-state index contributed by atoms with van der Waals surface area (Å²) in [6.07, 6.45) is 0. The fraction of sp³-hybridized carbons (Fsp3) is 0.0556. The maximum atomic E-state index is 12.5. The molecule has 0 atom stereocenters. The predicted molar refractivity (Wildman–Crippen MR) is 85.7 cm³/mol. The lowest BCUT2D eigenvalue weighted by Crippen LogP contribution is -2.06. The summed E-state index contributed by atoms with van der Waals surface area (Å²) >= 11 is 0. The van der Waals surface area contributed by atoms with Crippen LogP contribution < -0.4 is 15.0 Å². The van der Waals surface area contributed by atoms with Crippen LogP contribution in [0.5, 0.6) is 11.5 Å². The van der Waals surface area contributed by atoms with Crippen LogP contribution in [0.2, 0.25) is 0 Å². The number of pyridine rings is 1. The highest BCUT2D eigenvalue weighted by molar-refractivity contribution is 6.15. The molecule has 2 heterocycles. The molecule has 0 spiro atoms. The van der Waals surface area contributed by atoms with Crippen molar-refractivity contribution in [3.63, 3.8) is 0 Å². The normalized spacial score (nSPS) is 13.3. The first kappa shape index (κ1) is 11.6. The van der Waals surface area contributed by atoms with E-state index in [1.165, 1.54) is 0 Å². The zero-order chi connectivity index (χ0) is 14.7. The van der Waals surface area contributed by atoms with E-state index in [0.717, 1.165) is 27.1 Å². The molecule has 106 valence electrons. The van der Waals surface area contributed by atoms with Gasteiger partial charge in [0.1, 0.15) is 0 Å². The lowest BCUT2D eigenvalue weighted by molar-refractivity contribution is 0.174. The average molecular weight is 289 g/mol. The van der Waals surface area contributed by atoms with Gasteiger partial charge >= 0.3 is 0 Å². The molecular formula is C18H11NO3. The molecule has 1 aliphatic heterocycles. The topological polar surface area (TPSA) is 51.3 Å². The van der Waals surface area contributed by atoms with Crippen LogP contribution in [0.4, 0.5) is 0 Å². The van der Waals surface area contributed by atoms with Gasteiger partial charge in [0.05, 0.1) is 10.9 Å². The third-order valence-corrected chi connectivity index (χ3v) is 4.22. The van der Waals surface area contributed by atoms with Crippen molar-refractivity contribution >= 4 is 32.4 Å². The molecule has 1 aromatic heterocycles. The summed E-state index contributed by atoms with van der Waals surface area (Å²) < 4.78 is 10.8. The van der Waals surface area contributed by atoms with E-state index in [1.54, 1.807) is 6.07 Å². The van der Waals surface area contributed by atoms with E-state index in [-0.39, 0.29) is 12.4 Å². The highest BCUT2D eigenvalue weighted by atomic mass is 16.7. The molecule has 3 aromatic carbocycles. The molecule has 1 N–H and O–H groups in total. The smallest absolute Gasteiger partial charge is 0.256 e. The monoisotopic (exact) mass is 289 g/mol. The summed E-state index contributed by atoms with van der Waals surface area (Å²) in [4.78, 5) is 15.5. The summed E-state index contributed by atoms with van der Waals surface area (Å²) in [5, 5.41) is 4.65. The van der Waals surface area contributed by atoms with Crippen molar-refractivity contribution in [2.45, 2.75) is 0 Å². The van der Waals surface area contributed by atoms with Crippen molar-refractivity contribution in [1.82, 2.24) is 4.98 Å². The second-order valence-corrected chi connectivity index (χ2v) is 5.41. The first-order valence-corrected chi connectivity index (χ1v) is 7.08. The van der Waals surface area contributed by atoms with Crippen LogP contribution >= 0.6 is 0 Å². The van der Waals surface area contributed by atoms with Crippen molar-refractivity contribution in [2.75, 3.05) is 6.79 Å². The van der Waals surface area contributed by atoms with E-state index in [0.29, 0.717) is 16.9 Å². The number of aromatic nitrogens is 1. The van der Waals surface area contributed by atoms with E-state index in [9.17, 15) is 4.79 Å². The number of nitrogens with one attached hydrogen (secondary N) is 1. The average Bonchev–Trinajstić information content (AvgIpc) is 3.01. The fourth-order valence-corrected chi connectivity index (χ4v) is 3.16. The Morgan fingerprint density at radius 2 is 1.59 bits per heavy atom. The largest absolute Gasteiger partial charge is 0.454 e. The molecule has 0 unspecified atom stereocenters. The van der Waals surface area contributed by atoms with Gasteiger partial charge in [-0.05, 0) is 17.5 Å². The summed E-state index contributed by atoms with van der Waals surface area (Å²) in [7, 11) is 0. The summed E-state index contributed by atoms with van der Waals surface area (Å²) in [5.41, 5.74) is 0.742. The molecule has 1 aliphatic rings. The number of aromatic amines is 1. The van der Waals surface area contributed by atoms with Gasteiger partial charge in [0.15, 0.2) is 11.5 Å². The van der Waals surface area contributed by atoms with E-state index in [4.69, 9.17) is 9.47 Å². The van der Waals surface area contributed by atoms with Gasteiger partial charge in [0, 0.05) is 16.2 Å². The van der Waals surface area contributed by atoms with Gasteiger partial charge in [0.25, 0.3) is 5.56 Å². The number of ether oxygens (including phenoxy) is 2. The Morgan fingerprint density at radius 3 is 2.45 bits per heavy atom. The summed E-state index contributed by atoms with van der Waals surface area (Å²) in [6.45, 7) is 0.199. The molecule has 0 aliphatic carbocycles. The molecule has 4 heteroatoms. The van der Waals surface area contributed by atoms with Gasteiger partial charge in [-0.2, -0.15) is 0 Å². The van der Waals surface area contributed by atoms with Crippen LogP contribution in [-0.2, 0) is 0 Å². The lowest BCUT2D eigenvalue weighted by Gasteiger charge is -2.08. The van der Waals surface area contributed by atoms with Crippen molar-refractivity contribution in [1.29, 1.82) is 0 Å². The Morgan fingerprint density at radius 1 is 0.818 bits per heavy atom. The number of hydrogen-bond acceptors (Lipinski definition) is 3. The quantitative estimate of drug-likeness (QED) is 0.503. The second kappa shape index (κ2) is 4.01. The van der Waals surface area contributed by atoms with Crippen LogP contribution in [0.25, 0.3) is 32.4 Å². The Kier molecular flexibility index (Phi) is 2.12. The number of benzene rings is 3. The summed E-state index contributed by atoms with van der Waals surface area (Å²) in [6, 6.07) is 15.8. The Labute approximate surface area is 124 Å². The highest BCUT2D eigenvalue weighted by Gasteiger charge is 2.17. The fourth-order valence-electron chi connectivity index (χ4n) is 3.16. The number of H-pyrrole nitrogens is 1. The Bertz CT molecular complexity index is 1130. The number of fused-ring (bicyclic) bond motifs is 6. The SMILES string of the molecule is O=c1[nH]c2c3ccccc3ccc2c2cc3c(cc12)OCO3. The van der Waals surface area contributed by atoms with E-state index in [2.05, 4.69) is 11.1 Å². The first-order valence-electron chi connectivity index (χ1n) is 7.08. The van der Waals surface area contributed by atoms with E-state index in [1.807, 2.05) is 36.4 Å². The minimum atomic E-state index is -0.114. The molecule has 22 heavy (non-hydrogen) atoms. The zero-order valence-corrected chi connectivity index (χ0v) is 11.6. The van der Waals surface area contributed by atoms with E-state index < -0.39 is 0 Å². The zero-order valence-electron chi connectivity index (χ0n) is 11.6. The van der Waals surface area contributed by atoms with Crippen LogP contribution in [0, 0.1) is 0 Å². The maximum absolute atomic E-state index is 12.5.